The summed E-state index contributed by atoms with van der Waals surface area (Å²) in [6.45, 7) is 0.218. The quantitative estimate of drug-likeness (QED) is 0.781. The Hall–Kier alpha value is -1.56. The Morgan fingerprint density at radius 3 is 2.47 bits per heavy atom. The summed E-state index contributed by atoms with van der Waals surface area (Å²) in [5.41, 5.74) is 0. The fraction of sp³-hybridized carbons (Fsp3) is 0.385. The van der Waals surface area contributed by atoms with Crippen LogP contribution in [-0.4, -0.2) is 41.2 Å². The molecule has 104 valence electrons. The van der Waals surface area contributed by atoms with E-state index < -0.39 is 5.97 Å². The molecule has 0 atom stereocenters. The molecular weight excluding hydrogens is 269 g/mol. The van der Waals surface area contributed by atoms with Gasteiger partial charge in [-0.3, -0.25) is 9.59 Å². The molecule has 0 radical (unpaired) electrons. The largest absolute Gasteiger partial charge is 0.481 e. The van der Waals surface area contributed by atoms with Crippen molar-refractivity contribution >= 4 is 23.6 Å². The predicted molar refractivity (Wildman–Crippen MR) is 71.6 cm³/mol. The summed E-state index contributed by atoms with van der Waals surface area (Å²) < 4.78 is 12.7. The number of aliphatic carboxylic acids is 1. The van der Waals surface area contributed by atoms with E-state index in [1.54, 1.807) is 19.2 Å². The fourth-order valence-corrected chi connectivity index (χ4v) is 2.21. The van der Waals surface area contributed by atoms with Gasteiger partial charge >= 0.3 is 5.97 Å². The first-order chi connectivity index (χ1) is 8.99. The SMILES string of the molecule is CN(CCC(=O)O)C(=O)CCSc1ccc(F)cc1. The predicted octanol–water partition coefficient (Wildman–Crippen LogP) is 2.24. The Balaban J connectivity index is 2.26. The van der Waals surface area contributed by atoms with Crippen molar-refractivity contribution in [2.75, 3.05) is 19.3 Å². The number of rotatable bonds is 7. The minimum Gasteiger partial charge on any atom is -0.481 e. The number of hydrogen-bond donors (Lipinski definition) is 1. The van der Waals surface area contributed by atoms with E-state index >= 15 is 0 Å². The lowest BCUT2D eigenvalue weighted by Gasteiger charge is -2.15. The fourth-order valence-electron chi connectivity index (χ4n) is 1.37. The lowest BCUT2D eigenvalue weighted by Crippen LogP contribution is -2.29. The third kappa shape index (κ3) is 6.24. The molecule has 1 amide bonds. The molecular formula is C13H16FNO3S. The molecule has 0 bridgehead atoms. The van der Waals surface area contributed by atoms with Crippen LogP contribution in [-0.2, 0) is 9.59 Å². The van der Waals surface area contributed by atoms with Crippen molar-refractivity contribution in [1.29, 1.82) is 0 Å². The van der Waals surface area contributed by atoms with Crippen LogP contribution in [0.15, 0.2) is 29.2 Å². The number of benzene rings is 1. The van der Waals surface area contributed by atoms with Crippen molar-refractivity contribution in [3.63, 3.8) is 0 Å². The first-order valence-corrected chi connectivity index (χ1v) is 6.81. The lowest BCUT2D eigenvalue weighted by atomic mass is 10.3. The molecule has 6 heteroatoms. The van der Waals surface area contributed by atoms with E-state index in [1.807, 2.05) is 0 Å². The van der Waals surface area contributed by atoms with Crippen LogP contribution in [0.5, 0.6) is 0 Å². The molecule has 0 saturated carbocycles. The Bertz CT molecular complexity index is 436. The second kappa shape index (κ2) is 7.78. The van der Waals surface area contributed by atoms with Gasteiger partial charge in [-0.2, -0.15) is 0 Å². The molecule has 0 aliphatic carbocycles. The highest BCUT2D eigenvalue weighted by Gasteiger charge is 2.10. The molecule has 1 N–H and O–H groups in total. The Kier molecular flexibility index (Phi) is 6.35. The van der Waals surface area contributed by atoms with E-state index in [0.717, 1.165) is 4.90 Å². The van der Waals surface area contributed by atoms with Gasteiger partial charge in [-0.25, -0.2) is 4.39 Å². The molecule has 0 unspecified atom stereocenters. The highest BCUT2D eigenvalue weighted by atomic mass is 32.2. The average molecular weight is 285 g/mol. The van der Waals surface area contributed by atoms with Crippen molar-refractivity contribution < 1.29 is 19.1 Å². The molecule has 0 spiro atoms. The first kappa shape index (κ1) is 15.5. The highest BCUT2D eigenvalue weighted by Crippen LogP contribution is 2.19. The van der Waals surface area contributed by atoms with Crippen LogP contribution in [0, 0.1) is 5.82 Å². The third-order valence-corrected chi connectivity index (χ3v) is 3.50. The van der Waals surface area contributed by atoms with E-state index in [-0.39, 0.29) is 24.7 Å². The zero-order valence-corrected chi connectivity index (χ0v) is 11.5. The van der Waals surface area contributed by atoms with Crippen molar-refractivity contribution in [3.8, 4) is 0 Å². The zero-order valence-electron chi connectivity index (χ0n) is 10.6. The summed E-state index contributed by atoms with van der Waals surface area (Å²) in [5, 5.41) is 8.52. The van der Waals surface area contributed by atoms with E-state index in [1.165, 1.54) is 28.8 Å². The maximum atomic E-state index is 12.7. The number of hydrogen-bond acceptors (Lipinski definition) is 3. The second-order valence-corrected chi connectivity index (χ2v) is 5.18. The number of halogens is 1. The normalized spacial score (nSPS) is 10.2. The van der Waals surface area contributed by atoms with Gasteiger partial charge < -0.3 is 10.0 Å². The molecule has 0 aliphatic heterocycles. The monoisotopic (exact) mass is 285 g/mol. The molecule has 1 aromatic carbocycles. The Labute approximate surface area is 115 Å². The summed E-state index contributed by atoms with van der Waals surface area (Å²) in [5.74, 6) is -0.702. The van der Waals surface area contributed by atoms with Gasteiger partial charge in [0.1, 0.15) is 5.82 Å². The van der Waals surface area contributed by atoms with Crippen molar-refractivity contribution in [2.45, 2.75) is 17.7 Å². The molecule has 0 saturated heterocycles. The summed E-state index contributed by atoms with van der Waals surface area (Å²) in [7, 11) is 1.59. The molecule has 4 nitrogen and oxygen atoms in total. The molecule has 0 heterocycles. The van der Waals surface area contributed by atoms with Crippen molar-refractivity contribution in [3.05, 3.63) is 30.1 Å². The molecule has 0 aromatic heterocycles. The second-order valence-electron chi connectivity index (χ2n) is 4.01. The maximum Gasteiger partial charge on any atom is 0.305 e. The van der Waals surface area contributed by atoms with Gasteiger partial charge in [0.05, 0.1) is 6.42 Å². The van der Waals surface area contributed by atoms with E-state index in [0.29, 0.717) is 12.2 Å². The Morgan fingerprint density at radius 1 is 1.26 bits per heavy atom. The van der Waals surface area contributed by atoms with Crippen LogP contribution in [0.1, 0.15) is 12.8 Å². The van der Waals surface area contributed by atoms with Gasteiger partial charge in [-0.05, 0) is 24.3 Å². The van der Waals surface area contributed by atoms with Crippen molar-refractivity contribution in [1.82, 2.24) is 4.90 Å². The van der Waals surface area contributed by atoms with E-state index in [9.17, 15) is 14.0 Å². The van der Waals surface area contributed by atoms with Crippen molar-refractivity contribution in [2.24, 2.45) is 0 Å². The third-order valence-electron chi connectivity index (χ3n) is 2.49. The number of carboxylic acid groups (broad SMARTS) is 1. The van der Waals surface area contributed by atoms with Gasteiger partial charge in [0.25, 0.3) is 0 Å². The van der Waals surface area contributed by atoms with Gasteiger partial charge in [-0.1, -0.05) is 0 Å². The standard InChI is InChI=1S/C13H16FNO3S/c1-15(8-6-13(17)18)12(16)7-9-19-11-4-2-10(14)3-5-11/h2-5H,6-9H2,1H3,(H,17,18). The van der Waals surface area contributed by atoms with E-state index in [2.05, 4.69) is 0 Å². The number of carbonyl (C=O) groups is 2. The number of nitrogens with zero attached hydrogens (tertiary/aromatic N) is 1. The Morgan fingerprint density at radius 2 is 1.89 bits per heavy atom. The summed E-state index contributed by atoms with van der Waals surface area (Å²) >= 11 is 1.47. The molecule has 0 aliphatic rings. The number of amides is 1. The maximum absolute atomic E-state index is 12.7. The zero-order chi connectivity index (χ0) is 14.3. The van der Waals surface area contributed by atoms with E-state index in [4.69, 9.17) is 5.11 Å². The van der Waals surface area contributed by atoms with Gasteiger partial charge in [-0.15, -0.1) is 11.8 Å². The average Bonchev–Trinajstić information content (AvgIpc) is 2.38. The van der Waals surface area contributed by atoms with Crippen LogP contribution < -0.4 is 0 Å². The minimum atomic E-state index is -0.916. The van der Waals surface area contributed by atoms with Gasteiger partial charge in [0, 0.05) is 30.7 Å². The molecule has 1 aromatic rings. The lowest BCUT2D eigenvalue weighted by molar-refractivity contribution is -0.138. The summed E-state index contributed by atoms with van der Waals surface area (Å²) in [4.78, 5) is 24.4. The van der Waals surface area contributed by atoms with Crippen LogP contribution in [0.4, 0.5) is 4.39 Å². The molecule has 1 rings (SSSR count). The molecule has 0 fully saturated rings. The van der Waals surface area contributed by atoms with Gasteiger partial charge in [0.2, 0.25) is 5.91 Å². The smallest absolute Gasteiger partial charge is 0.305 e. The van der Waals surface area contributed by atoms with Crippen LogP contribution in [0.2, 0.25) is 0 Å². The minimum absolute atomic E-state index is 0.0483. The number of carbonyl (C=O) groups excluding carboxylic acids is 1. The summed E-state index contributed by atoms with van der Waals surface area (Å²) in [6, 6.07) is 6.09. The van der Waals surface area contributed by atoms with Crippen LogP contribution in [0.3, 0.4) is 0 Å². The first-order valence-electron chi connectivity index (χ1n) is 5.83. The molecule has 19 heavy (non-hydrogen) atoms. The topological polar surface area (TPSA) is 57.6 Å². The summed E-state index contributed by atoms with van der Waals surface area (Å²) in [6.07, 6.45) is 0.283. The van der Waals surface area contributed by atoms with Gasteiger partial charge in [0.15, 0.2) is 0 Å². The number of thioether (sulfide) groups is 1. The van der Waals surface area contributed by atoms with Crippen LogP contribution in [0.25, 0.3) is 0 Å². The highest BCUT2D eigenvalue weighted by molar-refractivity contribution is 7.99. The number of carboxylic acids is 1. The van der Waals surface area contributed by atoms with Crippen LogP contribution >= 0.6 is 11.8 Å².